The van der Waals surface area contributed by atoms with Crippen LogP contribution in [0.15, 0.2) is 194 Å². The third kappa shape index (κ3) is 10.00. The smallest absolute Gasteiger partial charge is 0.252 e. The SMILES string of the molecule is CCCCc1ccc2c(c1)B1c3cc(CCCC)ccc3N(c3c(-c4ccccc4)cc(C(C)(C)C)cc3-c3ccccc3)c3cc(CCCC)cc(c31)N2c1c(-c2ccccc2)cc(C(C)(C)C)cc1-c1ccccc1. The Kier molecular flexibility index (Phi) is 14.5. The number of fused-ring (bicyclic) bond motifs is 4. The molecule has 0 N–H and O–H groups in total. The molecule has 77 heavy (non-hydrogen) atoms. The fraction of sp³-hybridized carbons (Fsp3) is 0.270. The quantitative estimate of drug-likeness (QED) is 0.0945. The van der Waals surface area contributed by atoms with Gasteiger partial charge in [0.2, 0.25) is 0 Å². The summed E-state index contributed by atoms with van der Waals surface area (Å²) in [5.41, 5.74) is 28.2. The van der Waals surface area contributed by atoms with Crippen molar-refractivity contribution in [1.82, 2.24) is 0 Å². The molecule has 386 valence electrons. The fourth-order valence-corrected chi connectivity index (χ4v) is 12.2. The summed E-state index contributed by atoms with van der Waals surface area (Å²) in [6.45, 7) is 21.1. The molecule has 0 radical (unpaired) electrons. The first kappa shape index (κ1) is 51.7. The van der Waals surface area contributed by atoms with Gasteiger partial charge in [-0.3, -0.25) is 0 Å². The van der Waals surface area contributed by atoms with E-state index >= 15 is 0 Å². The summed E-state index contributed by atoms with van der Waals surface area (Å²) < 4.78 is 0. The van der Waals surface area contributed by atoms with Gasteiger partial charge in [-0.05, 0) is 164 Å². The van der Waals surface area contributed by atoms with Gasteiger partial charge in [-0.15, -0.1) is 0 Å². The monoisotopic (exact) mass is 1000 g/mol. The van der Waals surface area contributed by atoms with Gasteiger partial charge in [-0.1, -0.05) is 227 Å². The molecule has 0 fully saturated rings. The molecule has 0 amide bonds. The van der Waals surface area contributed by atoms with Gasteiger partial charge in [-0.25, -0.2) is 0 Å². The van der Waals surface area contributed by atoms with Crippen molar-refractivity contribution in [2.24, 2.45) is 0 Å². The second-order valence-corrected chi connectivity index (χ2v) is 24.1. The lowest BCUT2D eigenvalue weighted by atomic mass is 9.33. The number of hydrogen-bond acceptors (Lipinski definition) is 2. The van der Waals surface area contributed by atoms with Crippen molar-refractivity contribution in [2.75, 3.05) is 9.80 Å². The number of nitrogens with zero attached hydrogens (tertiary/aromatic N) is 2. The predicted molar refractivity (Wildman–Crippen MR) is 335 cm³/mol. The average molecular weight is 1010 g/mol. The van der Waals surface area contributed by atoms with Gasteiger partial charge in [0.1, 0.15) is 0 Å². The van der Waals surface area contributed by atoms with E-state index < -0.39 is 0 Å². The average Bonchev–Trinajstić information content (AvgIpc) is 3.64. The largest absolute Gasteiger partial charge is 0.310 e. The van der Waals surface area contributed by atoms with Crippen LogP contribution >= 0.6 is 0 Å². The number of rotatable bonds is 15. The summed E-state index contributed by atoms with van der Waals surface area (Å²) in [6, 6.07) is 75.3. The number of anilines is 6. The van der Waals surface area contributed by atoms with Crippen molar-refractivity contribution in [3.63, 3.8) is 0 Å². The van der Waals surface area contributed by atoms with Crippen LogP contribution in [0.3, 0.4) is 0 Å². The van der Waals surface area contributed by atoms with Gasteiger partial charge in [0.15, 0.2) is 0 Å². The molecule has 0 saturated carbocycles. The molecule has 3 heteroatoms. The van der Waals surface area contributed by atoms with Gasteiger partial charge in [0, 0.05) is 45.0 Å². The molecule has 0 bridgehead atoms. The minimum absolute atomic E-state index is 0.00993. The van der Waals surface area contributed by atoms with Crippen molar-refractivity contribution < 1.29 is 0 Å². The number of aryl methyl sites for hydroxylation is 3. The lowest BCUT2D eigenvalue weighted by Gasteiger charge is -2.46. The highest BCUT2D eigenvalue weighted by Crippen LogP contribution is 2.54. The molecule has 2 aliphatic rings. The highest BCUT2D eigenvalue weighted by Gasteiger charge is 2.46. The van der Waals surface area contributed by atoms with E-state index in [9.17, 15) is 0 Å². The van der Waals surface area contributed by atoms with Gasteiger partial charge in [0.25, 0.3) is 6.71 Å². The van der Waals surface area contributed by atoms with Crippen LogP contribution in [-0.4, -0.2) is 6.71 Å². The normalized spacial score (nSPS) is 12.9. The molecule has 0 saturated heterocycles. The van der Waals surface area contributed by atoms with Crippen molar-refractivity contribution in [3.8, 4) is 44.5 Å². The summed E-state index contributed by atoms with van der Waals surface area (Å²) in [4.78, 5) is 5.48. The first-order valence-corrected chi connectivity index (χ1v) is 29.0. The fourth-order valence-electron chi connectivity index (χ4n) is 12.2. The van der Waals surface area contributed by atoms with E-state index in [1.807, 2.05) is 0 Å². The number of unbranched alkanes of at least 4 members (excludes halogenated alkanes) is 3. The second kappa shape index (κ2) is 21.6. The first-order valence-electron chi connectivity index (χ1n) is 29.0. The van der Waals surface area contributed by atoms with Gasteiger partial charge in [0.05, 0.1) is 11.4 Å². The molecule has 0 aliphatic carbocycles. The minimum Gasteiger partial charge on any atom is -0.310 e. The number of hydrogen-bond donors (Lipinski definition) is 0. The van der Waals surface area contributed by atoms with Gasteiger partial charge < -0.3 is 9.80 Å². The molecule has 0 spiro atoms. The van der Waals surface area contributed by atoms with Gasteiger partial charge in [-0.2, -0.15) is 0 Å². The summed E-state index contributed by atoms with van der Waals surface area (Å²) in [6.07, 6.45) is 9.91. The molecule has 11 rings (SSSR count). The Labute approximate surface area is 462 Å². The van der Waals surface area contributed by atoms with Crippen LogP contribution in [0.4, 0.5) is 34.1 Å². The van der Waals surface area contributed by atoms with Crippen LogP contribution in [0.25, 0.3) is 44.5 Å². The molecule has 2 heterocycles. The zero-order valence-electron chi connectivity index (χ0n) is 47.3. The molecule has 2 nitrogen and oxygen atoms in total. The maximum atomic E-state index is 2.74. The Morgan fingerprint density at radius 1 is 0.338 bits per heavy atom. The molecule has 0 unspecified atom stereocenters. The standard InChI is InChI=1S/C74H77BN2/c1-10-13-28-51-39-41-66-64(43-51)75-65-44-52(29-14-11-2)40-42-67(65)77(72-62(56-35-24-18-25-36-56)49-59(74(7,8)9)50-63(72)57-37-26-19-27-38-57)69-46-53(30-15-12-3)45-68(70(69)75)76(66)71-60(54-31-20-16-21-32-54)47-58(73(4,5)6)48-61(71)55-33-22-17-23-34-55/h16-27,31-50H,10-15,28-30H2,1-9H3. The highest BCUT2D eigenvalue weighted by molar-refractivity contribution is 7.00. The topological polar surface area (TPSA) is 6.48 Å². The molecule has 9 aromatic carbocycles. The summed E-state index contributed by atoms with van der Waals surface area (Å²) >= 11 is 0. The Morgan fingerprint density at radius 2 is 0.649 bits per heavy atom. The molecule has 2 aliphatic heterocycles. The van der Waals surface area contributed by atoms with Crippen molar-refractivity contribution in [3.05, 3.63) is 222 Å². The zero-order chi connectivity index (χ0) is 53.4. The van der Waals surface area contributed by atoms with Crippen LogP contribution < -0.4 is 26.2 Å². The highest BCUT2D eigenvalue weighted by atomic mass is 15.2. The van der Waals surface area contributed by atoms with E-state index in [4.69, 9.17) is 0 Å². The van der Waals surface area contributed by atoms with Crippen LogP contribution in [-0.2, 0) is 30.1 Å². The lowest BCUT2D eigenvalue weighted by Crippen LogP contribution is -2.61. The zero-order valence-corrected chi connectivity index (χ0v) is 47.3. The molecule has 0 aromatic heterocycles. The Bertz CT molecular complexity index is 3200. The van der Waals surface area contributed by atoms with Crippen LogP contribution in [0.1, 0.15) is 129 Å². The third-order valence-electron chi connectivity index (χ3n) is 16.4. The van der Waals surface area contributed by atoms with Crippen molar-refractivity contribution in [2.45, 2.75) is 131 Å². The van der Waals surface area contributed by atoms with Crippen LogP contribution in [0, 0.1) is 0 Å². The third-order valence-corrected chi connectivity index (χ3v) is 16.4. The minimum atomic E-state index is -0.0982. The molecule has 9 aromatic rings. The van der Waals surface area contributed by atoms with Crippen molar-refractivity contribution >= 4 is 57.2 Å². The van der Waals surface area contributed by atoms with E-state index in [0.717, 1.165) is 57.8 Å². The Hall–Kier alpha value is -7.36. The predicted octanol–water partition coefficient (Wildman–Crippen LogP) is 19.1. The molecular formula is C74H77BN2. The lowest BCUT2D eigenvalue weighted by molar-refractivity contribution is 0.590. The Balaban J connectivity index is 1.34. The molecular weight excluding hydrogens is 928 g/mol. The number of benzene rings is 9. The second-order valence-electron chi connectivity index (χ2n) is 24.1. The van der Waals surface area contributed by atoms with E-state index in [2.05, 4.69) is 266 Å². The maximum absolute atomic E-state index is 2.74. The van der Waals surface area contributed by atoms with Crippen LogP contribution in [0.5, 0.6) is 0 Å². The molecule has 0 atom stereocenters. The first-order chi connectivity index (χ1) is 37.4. The summed E-state index contributed by atoms with van der Waals surface area (Å²) in [5.74, 6) is 0. The van der Waals surface area contributed by atoms with Crippen LogP contribution in [0.2, 0.25) is 0 Å². The van der Waals surface area contributed by atoms with Gasteiger partial charge >= 0.3 is 0 Å². The maximum Gasteiger partial charge on any atom is 0.252 e. The Morgan fingerprint density at radius 3 is 0.948 bits per heavy atom. The van der Waals surface area contributed by atoms with E-state index in [1.165, 1.54) is 123 Å². The summed E-state index contributed by atoms with van der Waals surface area (Å²) in [7, 11) is 0. The van der Waals surface area contributed by atoms with E-state index in [0.29, 0.717) is 0 Å². The summed E-state index contributed by atoms with van der Waals surface area (Å²) in [5, 5.41) is 0. The van der Waals surface area contributed by atoms with E-state index in [-0.39, 0.29) is 17.5 Å². The van der Waals surface area contributed by atoms with Crippen molar-refractivity contribution in [1.29, 1.82) is 0 Å². The van der Waals surface area contributed by atoms with E-state index in [1.54, 1.807) is 0 Å².